The van der Waals surface area contributed by atoms with Gasteiger partial charge in [0.15, 0.2) is 0 Å². The molecule has 0 radical (unpaired) electrons. The molecule has 0 amide bonds. The van der Waals surface area contributed by atoms with Gasteiger partial charge in [-0.2, -0.15) is 0 Å². The second-order valence-electron chi connectivity index (χ2n) is 5.76. The van der Waals surface area contributed by atoms with E-state index >= 15 is 0 Å². The third kappa shape index (κ3) is 3.60. The predicted molar refractivity (Wildman–Crippen MR) is 87.7 cm³/mol. The summed E-state index contributed by atoms with van der Waals surface area (Å²) in [6.45, 7) is 10.4. The molecule has 1 aromatic rings. The van der Waals surface area contributed by atoms with E-state index in [0.29, 0.717) is 12.0 Å². The van der Waals surface area contributed by atoms with E-state index in [0.717, 1.165) is 29.8 Å². The van der Waals surface area contributed by atoms with Crippen molar-refractivity contribution in [1.29, 1.82) is 0 Å². The maximum Gasteiger partial charge on any atom is 0.126 e. The zero-order valence-electron chi connectivity index (χ0n) is 12.7. The molecule has 2 heteroatoms. The molecule has 0 fully saturated rings. The lowest BCUT2D eigenvalue weighted by Gasteiger charge is -2.25. The van der Waals surface area contributed by atoms with E-state index < -0.39 is 0 Å². The molecular weight excluding hydrogens is 244 g/mol. The highest BCUT2D eigenvalue weighted by molar-refractivity contribution is 5.61. The fourth-order valence-corrected chi connectivity index (χ4v) is 2.39. The molecule has 106 valence electrons. The van der Waals surface area contributed by atoms with Crippen LogP contribution < -0.4 is 5.32 Å². The molecule has 2 nitrogen and oxygen atoms in total. The van der Waals surface area contributed by atoms with Crippen molar-refractivity contribution in [3.63, 3.8) is 0 Å². The third-order valence-electron chi connectivity index (χ3n) is 3.61. The van der Waals surface area contributed by atoms with Crippen molar-refractivity contribution in [1.82, 2.24) is 4.98 Å². The number of allylic oxidation sites excluding steroid dienone is 3. The molecule has 1 aromatic heterocycles. The highest BCUT2D eigenvalue weighted by Gasteiger charge is 2.17. The van der Waals surface area contributed by atoms with E-state index in [-0.39, 0.29) is 0 Å². The number of anilines is 1. The monoisotopic (exact) mass is 268 g/mol. The Morgan fingerprint density at radius 1 is 1.30 bits per heavy atom. The fraction of sp³-hybridized carbons (Fsp3) is 0.389. The highest BCUT2D eigenvalue weighted by Crippen LogP contribution is 2.22. The van der Waals surface area contributed by atoms with E-state index in [1.807, 2.05) is 19.2 Å². The maximum atomic E-state index is 4.49. The van der Waals surface area contributed by atoms with E-state index in [2.05, 4.69) is 55.0 Å². The van der Waals surface area contributed by atoms with Crippen molar-refractivity contribution in [3.05, 3.63) is 54.3 Å². The third-order valence-corrected chi connectivity index (χ3v) is 3.61. The van der Waals surface area contributed by atoms with Crippen LogP contribution in [0.15, 0.2) is 48.7 Å². The molecule has 2 rings (SSSR count). The minimum atomic E-state index is 0.315. The largest absolute Gasteiger partial charge is 0.363 e. The minimum absolute atomic E-state index is 0.315. The van der Waals surface area contributed by atoms with Crippen LogP contribution in [-0.2, 0) is 0 Å². The van der Waals surface area contributed by atoms with Crippen LogP contribution in [0, 0.1) is 5.92 Å². The van der Waals surface area contributed by atoms with Crippen molar-refractivity contribution in [2.75, 3.05) is 5.32 Å². The summed E-state index contributed by atoms with van der Waals surface area (Å²) in [7, 11) is 0. The number of hydrogen-bond donors (Lipinski definition) is 1. The average Bonchev–Trinajstić information content (AvgIpc) is 2.46. The molecular formula is C18H24N2. The second kappa shape index (κ2) is 6.56. The number of rotatable bonds is 5. The standard InChI is InChI=1S/C18H24N2/c1-13(2)16-10-11-17(19-12-16)20-18(14(3)4)15-8-6-5-7-9-15/h6,8-12,14,18H,1,5,7H2,2-4H3,(H,19,20). The van der Waals surface area contributed by atoms with E-state index in [4.69, 9.17) is 0 Å². The first-order chi connectivity index (χ1) is 9.58. The van der Waals surface area contributed by atoms with E-state index in [1.54, 1.807) is 0 Å². The lowest BCUT2D eigenvalue weighted by molar-refractivity contribution is 0.581. The van der Waals surface area contributed by atoms with Crippen LogP contribution in [-0.4, -0.2) is 11.0 Å². The summed E-state index contributed by atoms with van der Waals surface area (Å²) in [6, 6.07) is 4.42. The molecule has 0 spiro atoms. The molecule has 1 N–H and O–H groups in total. The molecule has 1 aliphatic carbocycles. The summed E-state index contributed by atoms with van der Waals surface area (Å²) in [4.78, 5) is 4.49. The summed E-state index contributed by atoms with van der Waals surface area (Å²) in [5, 5.41) is 3.55. The van der Waals surface area contributed by atoms with Crippen LogP contribution in [0.3, 0.4) is 0 Å². The summed E-state index contributed by atoms with van der Waals surface area (Å²) in [5.74, 6) is 1.44. The van der Waals surface area contributed by atoms with Gasteiger partial charge in [0.25, 0.3) is 0 Å². The van der Waals surface area contributed by atoms with Gasteiger partial charge in [-0.25, -0.2) is 4.98 Å². The summed E-state index contributed by atoms with van der Waals surface area (Å²) in [5.41, 5.74) is 3.51. The Kier molecular flexibility index (Phi) is 4.78. The highest BCUT2D eigenvalue weighted by atomic mass is 15.0. The van der Waals surface area contributed by atoms with Gasteiger partial charge < -0.3 is 5.32 Å². The Morgan fingerprint density at radius 3 is 2.60 bits per heavy atom. The number of aromatic nitrogens is 1. The van der Waals surface area contributed by atoms with Crippen molar-refractivity contribution < 1.29 is 0 Å². The van der Waals surface area contributed by atoms with Crippen molar-refractivity contribution in [3.8, 4) is 0 Å². The fourth-order valence-electron chi connectivity index (χ4n) is 2.39. The van der Waals surface area contributed by atoms with E-state index in [9.17, 15) is 0 Å². The Labute approximate surface area is 122 Å². The van der Waals surface area contributed by atoms with Crippen LogP contribution >= 0.6 is 0 Å². The molecule has 0 bridgehead atoms. The summed E-state index contributed by atoms with van der Waals surface area (Å²) >= 11 is 0. The van der Waals surface area contributed by atoms with Gasteiger partial charge in [0, 0.05) is 6.20 Å². The van der Waals surface area contributed by atoms with Gasteiger partial charge in [-0.3, -0.25) is 0 Å². The van der Waals surface area contributed by atoms with Crippen molar-refractivity contribution >= 4 is 11.4 Å². The predicted octanol–water partition coefficient (Wildman–Crippen LogP) is 4.83. The van der Waals surface area contributed by atoms with Gasteiger partial charge in [-0.05, 0) is 54.5 Å². The van der Waals surface area contributed by atoms with Crippen LogP contribution in [0.4, 0.5) is 5.82 Å². The van der Waals surface area contributed by atoms with Crippen LogP contribution in [0.25, 0.3) is 5.57 Å². The SMILES string of the molecule is C=C(C)c1ccc(NC(C2=CCCC=C2)C(C)C)nc1. The summed E-state index contributed by atoms with van der Waals surface area (Å²) < 4.78 is 0. The zero-order chi connectivity index (χ0) is 14.5. The van der Waals surface area contributed by atoms with Gasteiger partial charge in [0.2, 0.25) is 0 Å². The van der Waals surface area contributed by atoms with Crippen LogP contribution in [0.1, 0.15) is 39.2 Å². The van der Waals surface area contributed by atoms with Gasteiger partial charge >= 0.3 is 0 Å². The lowest BCUT2D eigenvalue weighted by atomic mass is 9.92. The van der Waals surface area contributed by atoms with Gasteiger partial charge in [0.05, 0.1) is 6.04 Å². The number of nitrogens with zero attached hydrogens (tertiary/aromatic N) is 1. The van der Waals surface area contributed by atoms with Crippen molar-refractivity contribution in [2.24, 2.45) is 5.92 Å². The summed E-state index contributed by atoms with van der Waals surface area (Å²) in [6.07, 6.45) is 11.0. The van der Waals surface area contributed by atoms with Gasteiger partial charge in [-0.1, -0.05) is 38.7 Å². The second-order valence-corrected chi connectivity index (χ2v) is 5.76. The molecule has 1 aliphatic rings. The topological polar surface area (TPSA) is 24.9 Å². The number of nitrogens with one attached hydrogen (secondary N) is 1. The Balaban J connectivity index is 2.14. The molecule has 20 heavy (non-hydrogen) atoms. The number of hydrogen-bond acceptors (Lipinski definition) is 2. The van der Waals surface area contributed by atoms with Crippen LogP contribution in [0.5, 0.6) is 0 Å². The van der Waals surface area contributed by atoms with Gasteiger partial charge in [0.1, 0.15) is 5.82 Å². The molecule has 0 saturated carbocycles. The Hall–Kier alpha value is -1.83. The molecule has 1 heterocycles. The van der Waals surface area contributed by atoms with Crippen LogP contribution in [0.2, 0.25) is 0 Å². The first-order valence-corrected chi connectivity index (χ1v) is 7.33. The molecule has 0 aromatic carbocycles. The Morgan fingerprint density at radius 2 is 2.10 bits per heavy atom. The van der Waals surface area contributed by atoms with Crippen molar-refractivity contribution in [2.45, 2.75) is 39.7 Å². The van der Waals surface area contributed by atoms with Gasteiger partial charge in [-0.15, -0.1) is 0 Å². The minimum Gasteiger partial charge on any atom is -0.363 e. The number of pyridine rings is 1. The first kappa shape index (κ1) is 14.6. The molecule has 1 unspecified atom stereocenters. The molecule has 1 atom stereocenters. The smallest absolute Gasteiger partial charge is 0.126 e. The average molecular weight is 268 g/mol. The lowest BCUT2D eigenvalue weighted by Crippen LogP contribution is -2.28. The normalized spacial score (nSPS) is 15.9. The zero-order valence-corrected chi connectivity index (χ0v) is 12.7. The molecule has 0 aliphatic heterocycles. The quantitative estimate of drug-likeness (QED) is 0.827. The van der Waals surface area contributed by atoms with E-state index in [1.165, 1.54) is 5.57 Å². The Bertz CT molecular complexity index is 521. The molecule has 0 saturated heterocycles. The maximum absolute atomic E-state index is 4.49. The first-order valence-electron chi connectivity index (χ1n) is 7.33.